The van der Waals surface area contributed by atoms with Crippen molar-refractivity contribution in [3.63, 3.8) is 0 Å². The van der Waals surface area contributed by atoms with E-state index in [-0.39, 0.29) is 0 Å². The van der Waals surface area contributed by atoms with Gasteiger partial charge in [-0.1, -0.05) is 18.2 Å². The van der Waals surface area contributed by atoms with E-state index in [1.165, 1.54) is 21.1 Å². The summed E-state index contributed by atoms with van der Waals surface area (Å²) < 4.78 is 0. The van der Waals surface area contributed by atoms with Crippen LogP contribution in [0.25, 0.3) is 0 Å². The molecule has 1 N–H and O–H groups in total. The van der Waals surface area contributed by atoms with Gasteiger partial charge >= 0.3 is 0 Å². The highest BCUT2D eigenvalue weighted by Gasteiger charge is 2.23. The monoisotopic (exact) mass is 385 g/mol. The molecule has 26 heavy (non-hydrogen) atoms. The fraction of sp³-hybridized carbons (Fsp3) is 0.350. The van der Waals surface area contributed by atoms with E-state index >= 15 is 0 Å². The van der Waals surface area contributed by atoms with Crippen molar-refractivity contribution in [3.05, 3.63) is 68.3 Å². The first kappa shape index (κ1) is 17.7. The van der Waals surface area contributed by atoms with Gasteiger partial charge in [-0.3, -0.25) is 4.90 Å². The first-order chi connectivity index (χ1) is 12.7. The van der Waals surface area contributed by atoms with Crippen LogP contribution in [0.5, 0.6) is 0 Å². The number of aryl methyl sites for hydroxylation is 1. The summed E-state index contributed by atoms with van der Waals surface area (Å²) >= 11 is 3.39. The van der Waals surface area contributed by atoms with Gasteiger partial charge < -0.3 is 10.0 Å². The minimum Gasteiger partial charge on any atom is -0.381 e. The normalized spacial score (nSPS) is 16.8. The number of piperazine rings is 1. The second-order valence-electron chi connectivity index (χ2n) is 6.61. The third-order valence-electron chi connectivity index (χ3n) is 4.81. The van der Waals surface area contributed by atoms with E-state index in [1.54, 1.807) is 6.20 Å². The molecule has 1 saturated heterocycles. The number of nitrogens with zero attached hydrogens (tertiary/aromatic N) is 3. The molecule has 0 bridgehead atoms. The van der Waals surface area contributed by atoms with Crippen molar-refractivity contribution in [2.75, 3.05) is 31.1 Å². The van der Waals surface area contributed by atoms with Gasteiger partial charge in [-0.15, -0.1) is 22.7 Å². The van der Waals surface area contributed by atoms with Crippen LogP contribution in [0.2, 0.25) is 0 Å². The van der Waals surface area contributed by atoms with Crippen molar-refractivity contribution >= 4 is 28.4 Å². The zero-order valence-corrected chi connectivity index (χ0v) is 16.5. The molecule has 0 aliphatic carbocycles. The van der Waals surface area contributed by atoms with Gasteiger partial charge in [0.05, 0.1) is 0 Å². The van der Waals surface area contributed by atoms with Crippen LogP contribution >= 0.6 is 22.7 Å². The number of aromatic nitrogens is 1. The summed E-state index contributed by atoms with van der Waals surface area (Å²) in [4.78, 5) is 12.0. The number of anilines is 1. The van der Waals surface area contributed by atoms with E-state index < -0.39 is 6.10 Å². The van der Waals surface area contributed by atoms with Crippen LogP contribution in [0.3, 0.4) is 0 Å². The maximum atomic E-state index is 10.8. The van der Waals surface area contributed by atoms with Gasteiger partial charge in [0, 0.05) is 65.3 Å². The lowest BCUT2D eigenvalue weighted by atomic mass is 10.1. The smallest absolute Gasteiger partial charge is 0.132 e. The molecular formula is C20H23N3OS2. The molecular weight excluding hydrogens is 362 g/mol. The van der Waals surface area contributed by atoms with Crippen molar-refractivity contribution < 1.29 is 5.11 Å². The molecule has 0 saturated carbocycles. The number of benzene rings is 1. The Morgan fingerprint density at radius 3 is 2.62 bits per heavy atom. The summed E-state index contributed by atoms with van der Waals surface area (Å²) in [5, 5.41) is 13.4. The molecule has 136 valence electrons. The van der Waals surface area contributed by atoms with Crippen LogP contribution in [-0.4, -0.2) is 41.2 Å². The van der Waals surface area contributed by atoms with Crippen molar-refractivity contribution in [3.8, 4) is 0 Å². The van der Waals surface area contributed by atoms with Crippen LogP contribution < -0.4 is 4.90 Å². The maximum Gasteiger partial charge on any atom is 0.132 e. The van der Waals surface area contributed by atoms with E-state index in [0.29, 0.717) is 0 Å². The van der Waals surface area contributed by atoms with Gasteiger partial charge in [0.2, 0.25) is 0 Å². The number of hydrogen-bond donors (Lipinski definition) is 1. The zero-order chi connectivity index (χ0) is 17.9. The van der Waals surface area contributed by atoms with Gasteiger partial charge in [0.25, 0.3) is 0 Å². The molecule has 1 aliphatic rings. The van der Waals surface area contributed by atoms with Crippen LogP contribution in [0.1, 0.15) is 26.4 Å². The van der Waals surface area contributed by atoms with Gasteiger partial charge in [0.1, 0.15) is 11.1 Å². The highest BCUT2D eigenvalue weighted by atomic mass is 32.1. The van der Waals surface area contributed by atoms with E-state index in [4.69, 9.17) is 0 Å². The molecule has 4 rings (SSSR count). The molecule has 1 atom stereocenters. The van der Waals surface area contributed by atoms with Gasteiger partial charge in [-0.2, -0.15) is 0 Å². The average Bonchev–Trinajstić information content (AvgIpc) is 3.34. The van der Waals surface area contributed by atoms with E-state index in [1.807, 2.05) is 34.9 Å². The van der Waals surface area contributed by atoms with Gasteiger partial charge in [-0.25, -0.2) is 4.98 Å². The predicted molar refractivity (Wildman–Crippen MR) is 109 cm³/mol. The summed E-state index contributed by atoms with van der Waals surface area (Å²) in [6.45, 7) is 7.24. The van der Waals surface area contributed by atoms with Crippen molar-refractivity contribution in [1.29, 1.82) is 0 Å². The fourth-order valence-corrected chi connectivity index (χ4v) is 5.02. The van der Waals surface area contributed by atoms with E-state index in [9.17, 15) is 5.11 Å². The molecule has 1 fully saturated rings. The summed E-state index contributed by atoms with van der Waals surface area (Å²) in [5.41, 5.74) is 2.08. The van der Waals surface area contributed by atoms with Crippen LogP contribution in [0.4, 0.5) is 5.69 Å². The standard InChI is InChI=1S/C20H23N3OS2/c1-15-6-7-16(26-15)14-22-9-11-23(12-10-22)18-5-3-2-4-17(18)19(24)20-21-8-13-25-20/h2-8,13,19,24H,9-12,14H2,1H3. The van der Waals surface area contributed by atoms with Crippen molar-refractivity contribution in [2.45, 2.75) is 19.6 Å². The first-order valence-electron chi connectivity index (χ1n) is 8.90. The lowest BCUT2D eigenvalue weighted by molar-refractivity contribution is 0.218. The Hall–Kier alpha value is -1.73. The second-order valence-corrected chi connectivity index (χ2v) is 8.91. The number of para-hydroxylation sites is 1. The molecule has 6 heteroatoms. The average molecular weight is 386 g/mol. The van der Waals surface area contributed by atoms with E-state index in [0.717, 1.165) is 49.0 Å². The van der Waals surface area contributed by atoms with Gasteiger partial charge in [-0.05, 0) is 25.1 Å². The lowest BCUT2D eigenvalue weighted by Crippen LogP contribution is -2.46. The summed E-state index contributed by atoms with van der Waals surface area (Å²) in [6, 6.07) is 12.6. The lowest BCUT2D eigenvalue weighted by Gasteiger charge is -2.37. The third kappa shape index (κ3) is 3.83. The largest absolute Gasteiger partial charge is 0.381 e. The van der Waals surface area contributed by atoms with Gasteiger partial charge in [0.15, 0.2) is 0 Å². The maximum absolute atomic E-state index is 10.8. The molecule has 1 aliphatic heterocycles. The minimum atomic E-state index is -0.654. The third-order valence-corrected chi connectivity index (χ3v) is 6.62. The SMILES string of the molecule is Cc1ccc(CN2CCN(c3ccccc3C(O)c3nccs3)CC2)s1. The molecule has 0 radical (unpaired) electrons. The van der Waals surface area contributed by atoms with Crippen LogP contribution in [0.15, 0.2) is 48.0 Å². The molecule has 2 aromatic heterocycles. The minimum absolute atomic E-state index is 0.654. The first-order valence-corrected chi connectivity index (χ1v) is 10.6. The molecule has 0 amide bonds. The molecule has 3 heterocycles. The topological polar surface area (TPSA) is 39.6 Å². The highest BCUT2D eigenvalue weighted by Crippen LogP contribution is 2.32. The van der Waals surface area contributed by atoms with Crippen molar-refractivity contribution in [2.24, 2.45) is 0 Å². The Morgan fingerprint density at radius 2 is 1.92 bits per heavy atom. The summed E-state index contributed by atoms with van der Waals surface area (Å²) in [6.07, 6.45) is 1.09. The second kappa shape index (κ2) is 7.88. The van der Waals surface area contributed by atoms with E-state index in [2.05, 4.69) is 39.9 Å². The Bertz CT molecular complexity index is 838. The summed E-state index contributed by atoms with van der Waals surface area (Å²) in [5.74, 6) is 0. The number of aliphatic hydroxyl groups excluding tert-OH is 1. The quantitative estimate of drug-likeness (QED) is 0.723. The number of thiophene rings is 1. The Balaban J connectivity index is 1.44. The molecule has 1 aromatic carbocycles. The predicted octanol–water partition coefficient (Wildman–Crippen LogP) is 3.92. The van der Waals surface area contributed by atoms with Crippen molar-refractivity contribution in [1.82, 2.24) is 9.88 Å². The molecule has 0 spiro atoms. The molecule has 4 nitrogen and oxygen atoms in total. The zero-order valence-electron chi connectivity index (χ0n) is 14.8. The number of aliphatic hydroxyl groups is 1. The molecule has 3 aromatic rings. The highest BCUT2D eigenvalue weighted by molar-refractivity contribution is 7.11. The molecule has 1 unspecified atom stereocenters. The van der Waals surface area contributed by atoms with Crippen LogP contribution in [-0.2, 0) is 6.54 Å². The Morgan fingerprint density at radius 1 is 1.12 bits per heavy atom. The van der Waals surface area contributed by atoms with Crippen LogP contribution in [0, 0.1) is 6.92 Å². The number of hydrogen-bond acceptors (Lipinski definition) is 6. The Kier molecular flexibility index (Phi) is 5.36. The fourth-order valence-electron chi connectivity index (χ4n) is 3.45. The Labute approximate surface area is 162 Å². The summed E-state index contributed by atoms with van der Waals surface area (Å²) in [7, 11) is 0. The number of thiazole rings is 1. The number of rotatable bonds is 5.